The van der Waals surface area contributed by atoms with Gasteiger partial charge in [0.1, 0.15) is 5.75 Å². The molecule has 4 nitrogen and oxygen atoms in total. The van der Waals surface area contributed by atoms with Crippen molar-refractivity contribution in [2.24, 2.45) is 0 Å². The molecule has 3 rings (SSSR count). The Hall–Kier alpha value is -2.80. The molecule has 1 atom stereocenters. The lowest BCUT2D eigenvalue weighted by Gasteiger charge is -2.08. The van der Waals surface area contributed by atoms with Gasteiger partial charge < -0.3 is 9.72 Å². The van der Waals surface area contributed by atoms with Crippen LogP contribution in [0, 0.1) is 11.3 Å². The summed E-state index contributed by atoms with van der Waals surface area (Å²) in [4.78, 5) is 7.32. The minimum atomic E-state index is -0.213. The third kappa shape index (κ3) is 2.59. The molecule has 2 aromatic heterocycles. The van der Waals surface area contributed by atoms with Gasteiger partial charge >= 0.3 is 0 Å². The van der Waals surface area contributed by atoms with Crippen LogP contribution in [0.5, 0.6) is 5.75 Å². The SMILES string of the molecule is COc1ccc2[nH]cc(C(C#N)Cc3cccnc3)c2c1. The van der Waals surface area contributed by atoms with Crippen molar-refractivity contribution in [3.8, 4) is 11.8 Å². The Labute approximate surface area is 123 Å². The molecule has 104 valence electrons. The number of hydrogen-bond donors (Lipinski definition) is 1. The highest BCUT2D eigenvalue weighted by Crippen LogP contribution is 2.30. The molecule has 0 bridgehead atoms. The van der Waals surface area contributed by atoms with Gasteiger partial charge in [-0.2, -0.15) is 5.26 Å². The zero-order valence-electron chi connectivity index (χ0n) is 11.7. The van der Waals surface area contributed by atoms with Crippen LogP contribution in [0.4, 0.5) is 0 Å². The van der Waals surface area contributed by atoms with Crippen LogP contribution >= 0.6 is 0 Å². The van der Waals surface area contributed by atoms with Gasteiger partial charge in [-0.25, -0.2) is 0 Å². The minimum absolute atomic E-state index is 0.213. The molecule has 3 aromatic rings. The summed E-state index contributed by atoms with van der Waals surface area (Å²) < 4.78 is 5.27. The van der Waals surface area contributed by atoms with Crippen LogP contribution in [0.15, 0.2) is 48.9 Å². The fourth-order valence-corrected chi connectivity index (χ4v) is 2.52. The second-order valence-corrected chi connectivity index (χ2v) is 4.90. The van der Waals surface area contributed by atoms with E-state index in [1.54, 1.807) is 19.5 Å². The number of hydrogen-bond acceptors (Lipinski definition) is 3. The maximum atomic E-state index is 9.53. The van der Waals surface area contributed by atoms with Crippen molar-refractivity contribution in [1.29, 1.82) is 5.26 Å². The highest BCUT2D eigenvalue weighted by Gasteiger charge is 2.16. The maximum absolute atomic E-state index is 9.53. The molecular formula is C17H15N3O. The molecule has 0 aliphatic rings. The fourth-order valence-electron chi connectivity index (χ4n) is 2.52. The van der Waals surface area contributed by atoms with Crippen molar-refractivity contribution >= 4 is 10.9 Å². The smallest absolute Gasteiger partial charge is 0.119 e. The first-order valence-electron chi connectivity index (χ1n) is 6.75. The van der Waals surface area contributed by atoms with Crippen LogP contribution in [-0.4, -0.2) is 17.1 Å². The topological polar surface area (TPSA) is 61.7 Å². The summed E-state index contributed by atoms with van der Waals surface area (Å²) in [5.41, 5.74) is 3.06. The average Bonchev–Trinajstić information content (AvgIpc) is 2.96. The van der Waals surface area contributed by atoms with E-state index in [9.17, 15) is 5.26 Å². The molecule has 1 unspecified atom stereocenters. The summed E-state index contributed by atoms with van der Waals surface area (Å²) in [7, 11) is 1.64. The molecule has 0 aliphatic carbocycles. The molecule has 0 aliphatic heterocycles. The molecule has 0 amide bonds. The molecule has 2 heterocycles. The van der Waals surface area contributed by atoms with Crippen molar-refractivity contribution in [2.45, 2.75) is 12.3 Å². The van der Waals surface area contributed by atoms with E-state index < -0.39 is 0 Å². The summed E-state index contributed by atoms with van der Waals surface area (Å²) in [6.07, 6.45) is 6.10. The lowest BCUT2D eigenvalue weighted by molar-refractivity contribution is 0.415. The van der Waals surface area contributed by atoms with Gasteiger partial charge in [-0.1, -0.05) is 6.07 Å². The van der Waals surface area contributed by atoms with Crippen LogP contribution in [0.1, 0.15) is 17.0 Å². The Kier molecular flexibility index (Phi) is 3.57. The number of ether oxygens (including phenoxy) is 1. The summed E-state index contributed by atoms with van der Waals surface area (Å²) in [5.74, 6) is 0.580. The van der Waals surface area contributed by atoms with Gasteiger partial charge in [0.25, 0.3) is 0 Å². The highest BCUT2D eigenvalue weighted by atomic mass is 16.5. The van der Waals surface area contributed by atoms with E-state index in [1.165, 1.54) is 0 Å². The normalized spacial score (nSPS) is 12.0. The monoisotopic (exact) mass is 277 g/mol. The Morgan fingerprint density at radius 2 is 2.29 bits per heavy atom. The van der Waals surface area contributed by atoms with E-state index in [4.69, 9.17) is 4.74 Å². The summed E-state index contributed by atoms with van der Waals surface area (Å²) in [6, 6.07) is 12.1. The first-order valence-corrected chi connectivity index (χ1v) is 6.75. The number of nitrogens with one attached hydrogen (secondary N) is 1. The molecular weight excluding hydrogens is 262 g/mol. The van der Waals surface area contributed by atoms with E-state index in [0.29, 0.717) is 6.42 Å². The van der Waals surface area contributed by atoms with Gasteiger partial charge in [-0.05, 0) is 41.8 Å². The molecule has 1 N–H and O–H groups in total. The van der Waals surface area contributed by atoms with Crippen molar-refractivity contribution < 1.29 is 4.74 Å². The number of H-pyrrole nitrogens is 1. The highest BCUT2D eigenvalue weighted by molar-refractivity contribution is 5.85. The third-order valence-electron chi connectivity index (χ3n) is 3.61. The molecule has 1 aromatic carbocycles. The van der Waals surface area contributed by atoms with Crippen LogP contribution in [0.25, 0.3) is 10.9 Å². The largest absolute Gasteiger partial charge is 0.497 e. The van der Waals surface area contributed by atoms with E-state index in [1.807, 2.05) is 36.5 Å². The van der Waals surface area contributed by atoms with Crippen molar-refractivity contribution in [3.63, 3.8) is 0 Å². The number of aromatic nitrogens is 2. The van der Waals surface area contributed by atoms with Crippen LogP contribution < -0.4 is 4.74 Å². The Bertz CT molecular complexity index is 787. The van der Waals surface area contributed by atoms with Gasteiger partial charge in [-0.3, -0.25) is 4.98 Å². The predicted octanol–water partition coefficient (Wildman–Crippen LogP) is 3.42. The second kappa shape index (κ2) is 5.68. The average molecular weight is 277 g/mol. The molecule has 0 spiro atoms. The number of pyridine rings is 1. The molecule has 4 heteroatoms. The molecule has 21 heavy (non-hydrogen) atoms. The first kappa shape index (κ1) is 13.2. The zero-order chi connectivity index (χ0) is 14.7. The van der Waals surface area contributed by atoms with Crippen molar-refractivity contribution in [1.82, 2.24) is 9.97 Å². The third-order valence-corrected chi connectivity index (χ3v) is 3.61. The van der Waals surface area contributed by atoms with Gasteiger partial charge in [0.15, 0.2) is 0 Å². The lowest BCUT2D eigenvalue weighted by atomic mass is 9.93. The van der Waals surface area contributed by atoms with E-state index in [2.05, 4.69) is 16.0 Å². The fraction of sp³-hybridized carbons (Fsp3) is 0.176. The van der Waals surface area contributed by atoms with Crippen molar-refractivity contribution in [3.05, 3.63) is 60.0 Å². The quantitative estimate of drug-likeness (QED) is 0.794. The molecule has 0 fully saturated rings. The van der Waals surface area contributed by atoms with Crippen LogP contribution in [0.3, 0.4) is 0 Å². The number of rotatable bonds is 4. The standard InChI is InChI=1S/C17H15N3O/c1-21-14-4-5-17-15(8-14)16(11-20-17)13(9-18)7-12-3-2-6-19-10-12/h2-6,8,10-11,13,20H,7H2,1H3. The summed E-state index contributed by atoms with van der Waals surface area (Å²) in [6.45, 7) is 0. The number of benzene rings is 1. The molecule has 0 radical (unpaired) electrons. The number of aromatic amines is 1. The predicted molar refractivity (Wildman–Crippen MR) is 81.1 cm³/mol. The Morgan fingerprint density at radius 3 is 3.00 bits per heavy atom. The zero-order valence-corrected chi connectivity index (χ0v) is 11.7. The number of methoxy groups -OCH3 is 1. The second-order valence-electron chi connectivity index (χ2n) is 4.90. The van der Waals surface area contributed by atoms with Gasteiger partial charge in [0.05, 0.1) is 19.1 Å². The van der Waals surface area contributed by atoms with Crippen LogP contribution in [-0.2, 0) is 6.42 Å². The maximum Gasteiger partial charge on any atom is 0.119 e. The van der Waals surface area contributed by atoms with E-state index in [-0.39, 0.29) is 5.92 Å². The Balaban J connectivity index is 1.99. The molecule has 0 saturated heterocycles. The van der Waals surface area contributed by atoms with Crippen molar-refractivity contribution in [2.75, 3.05) is 7.11 Å². The number of nitriles is 1. The summed E-state index contributed by atoms with van der Waals surface area (Å²) >= 11 is 0. The van der Waals surface area contributed by atoms with Gasteiger partial charge in [0.2, 0.25) is 0 Å². The lowest BCUT2D eigenvalue weighted by Crippen LogP contribution is -2.00. The number of nitrogens with zero attached hydrogens (tertiary/aromatic N) is 2. The van der Waals surface area contributed by atoms with Crippen LogP contribution in [0.2, 0.25) is 0 Å². The number of fused-ring (bicyclic) bond motifs is 1. The van der Waals surface area contributed by atoms with Gasteiger partial charge in [-0.15, -0.1) is 0 Å². The first-order chi connectivity index (χ1) is 10.3. The van der Waals surface area contributed by atoms with Gasteiger partial charge in [0, 0.05) is 29.5 Å². The summed E-state index contributed by atoms with van der Waals surface area (Å²) in [5, 5.41) is 10.6. The molecule has 0 saturated carbocycles. The van der Waals surface area contributed by atoms with E-state index >= 15 is 0 Å². The van der Waals surface area contributed by atoms with E-state index in [0.717, 1.165) is 27.8 Å². The Morgan fingerprint density at radius 1 is 1.38 bits per heavy atom. The minimum Gasteiger partial charge on any atom is -0.497 e.